The van der Waals surface area contributed by atoms with Gasteiger partial charge in [-0.3, -0.25) is 14.9 Å². The number of methoxy groups -OCH3 is 1. The standard InChI is InChI=1S/C17H13NO5S/c1-9-3-4-10(16(20)22-2)7-12(9)13-6-5-11(23-13)8-14-15(19)18-17(21)24-14/h3-8H,1-2H3,(H,18,19,21)/b14-8-. The molecule has 7 heteroatoms. The Labute approximate surface area is 141 Å². The summed E-state index contributed by atoms with van der Waals surface area (Å²) in [5.74, 6) is 0.134. The molecule has 0 atom stereocenters. The SMILES string of the molecule is COC(=O)c1ccc(C)c(-c2ccc(/C=C3\SC(=O)NC3=O)o2)c1. The number of amides is 2. The Bertz CT molecular complexity index is 881. The number of carbonyl (C=O) groups excluding carboxylic acids is 3. The molecule has 2 amide bonds. The first-order valence-corrected chi connectivity index (χ1v) is 7.83. The first-order chi connectivity index (χ1) is 11.5. The molecule has 0 unspecified atom stereocenters. The number of hydrogen-bond acceptors (Lipinski definition) is 6. The molecule has 1 aliphatic rings. The van der Waals surface area contributed by atoms with Gasteiger partial charge in [0.2, 0.25) is 0 Å². The van der Waals surface area contributed by atoms with Gasteiger partial charge in [-0.05, 0) is 48.5 Å². The van der Waals surface area contributed by atoms with Gasteiger partial charge < -0.3 is 9.15 Å². The third-order valence-electron chi connectivity index (χ3n) is 3.47. The summed E-state index contributed by atoms with van der Waals surface area (Å²) in [6.45, 7) is 1.90. The normalized spacial score (nSPS) is 15.7. The molecule has 2 aromatic rings. The monoisotopic (exact) mass is 343 g/mol. The van der Waals surface area contributed by atoms with Gasteiger partial charge in [-0.25, -0.2) is 4.79 Å². The first kappa shape index (κ1) is 16.1. The van der Waals surface area contributed by atoms with Crippen LogP contribution < -0.4 is 5.32 Å². The Morgan fingerprint density at radius 1 is 1.25 bits per heavy atom. The maximum absolute atomic E-state index is 11.7. The Kier molecular flexibility index (Phi) is 4.26. The van der Waals surface area contributed by atoms with Crippen molar-refractivity contribution < 1.29 is 23.5 Å². The molecule has 1 aliphatic heterocycles. The van der Waals surface area contributed by atoms with E-state index in [4.69, 9.17) is 9.15 Å². The third kappa shape index (κ3) is 3.11. The molecule has 0 spiro atoms. The van der Waals surface area contributed by atoms with Gasteiger partial charge >= 0.3 is 5.97 Å². The van der Waals surface area contributed by atoms with Crippen molar-refractivity contribution >= 4 is 35.0 Å². The van der Waals surface area contributed by atoms with E-state index in [1.165, 1.54) is 13.2 Å². The van der Waals surface area contributed by atoms with Crippen molar-refractivity contribution in [3.63, 3.8) is 0 Å². The number of rotatable bonds is 3. The fraction of sp³-hybridized carbons (Fsp3) is 0.118. The van der Waals surface area contributed by atoms with Crippen molar-refractivity contribution in [3.05, 3.63) is 52.1 Å². The van der Waals surface area contributed by atoms with Gasteiger partial charge in [-0.2, -0.15) is 0 Å². The molecule has 1 aromatic heterocycles. The van der Waals surface area contributed by atoms with E-state index in [0.717, 1.165) is 22.9 Å². The summed E-state index contributed by atoms with van der Waals surface area (Å²) >= 11 is 0.826. The molecule has 1 N–H and O–H groups in total. The topological polar surface area (TPSA) is 85.6 Å². The third-order valence-corrected chi connectivity index (χ3v) is 4.28. The van der Waals surface area contributed by atoms with Gasteiger partial charge in [0.05, 0.1) is 17.6 Å². The van der Waals surface area contributed by atoms with Crippen LogP contribution in [0.5, 0.6) is 0 Å². The predicted molar refractivity (Wildman–Crippen MR) is 89.3 cm³/mol. The minimum Gasteiger partial charge on any atom is -0.465 e. The lowest BCUT2D eigenvalue weighted by Gasteiger charge is -2.05. The van der Waals surface area contributed by atoms with Gasteiger partial charge in [0, 0.05) is 11.6 Å². The molecule has 1 fully saturated rings. The van der Waals surface area contributed by atoms with E-state index in [1.807, 2.05) is 6.92 Å². The van der Waals surface area contributed by atoms with Crippen LogP contribution in [-0.2, 0) is 9.53 Å². The van der Waals surface area contributed by atoms with Crippen molar-refractivity contribution in [1.29, 1.82) is 0 Å². The average molecular weight is 343 g/mol. The number of benzene rings is 1. The highest BCUT2D eigenvalue weighted by atomic mass is 32.2. The zero-order valence-corrected chi connectivity index (χ0v) is 13.7. The van der Waals surface area contributed by atoms with Crippen LogP contribution in [0.4, 0.5) is 4.79 Å². The second-order valence-corrected chi connectivity index (χ2v) is 6.09. The van der Waals surface area contributed by atoms with E-state index in [0.29, 0.717) is 17.1 Å². The number of nitrogens with one attached hydrogen (secondary N) is 1. The lowest BCUT2D eigenvalue weighted by atomic mass is 10.0. The maximum atomic E-state index is 11.7. The van der Waals surface area contributed by atoms with E-state index in [1.54, 1.807) is 30.3 Å². The highest BCUT2D eigenvalue weighted by molar-refractivity contribution is 8.18. The highest BCUT2D eigenvalue weighted by Crippen LogP contribution is 2.30. The van der Waals surface area contributed by atoms with Crippen LogP contribution in [0, 0.1) is 6.92 Å². The molecule has 0 aliphatic carbocycles. The van der Waals surface area contributed by atoms with Crippen LogP contribution in [0.2, 0.25) is 0 Å². The molecule has 1 saturated heterocycles. The molecule has 3 rings (SSSR count). The Morgan fingerprint density at radius 3 is 2.71 bits per heavy atom. The summed E-state index contributed by atoms with van der Waals surface area (Å²) in [6.07, 6.45) is 1.51. The van der Waals surface area contributed by atoms with Crippen LogP contribution in [-0.4, -0.2) is 24.2 Å². The lowest BCUT2D eigenvalue weighted by molar-refractivity contribution is -0.115. The van der Waals surface area contributed by atoms with Crippen molar-refractivity contribution in [2.24, 2.45) is 0 Å². The van der Waals surface area contributed by atoms with Crippen LogP contribution in [0.3, 0.4) is 0 Å². The van der Waals surface area contributed by atoms with Gasteiger partial charge in [0.25, 0.3) is 11.1 Å². The number of carbonyl (C=O) groups is 3. The van der Waals surface area contributed by atoms with E-state index >= 15 is 0 Å². The Hall–Kier alpha value is -2.80. The minimum atomic E-state index is -0.438. The van der Waals surface area contributed by atoms with Crippen molar-refractivity contribution in [2.75, 3.05) is 7.11 Å². The fourth-order valence-corrected chi connectivity index (χ4v) is 2.92. The summed E-state index contributed by atoms with van der Waals surface area (Å²) in [5, 5.41) is 1.78. The largest absolute Gasteiger partial charge is 0.465 e. The molecule has 0 bridgehead atoms. The van der Waals surface area contributed by atoms with E-state index in [2.05, 4.69) is 5.32 Å². The highest BCUT2D eigenvalue weighted by Gasteiger charge is 2.25. The van der Waals surface area contributed by atoms with Gasteiger partial charge in [0.1, 0.15) is 11.5 Å². The number of aryl methyl sites for hydroxylation is 1. The van der Waals surface area contributed by atoms with Crippen LogP contribution in [0.15, 0.2) is 39.7 Å². The van der Waals surface area contributed by atoms with Crippen molar-refractivity contribution in [3.8, 4) is 11.3 Å². The number of esters is 1. The molecule has 122 valence electrons. The van der Waals surface area contributed by atoms with E-state index in [-0.39, 0.29) is 4.91 Å². The molecular weight excluding hydrogens is 330 g/mol. The molecule has 0 saturated carbocycles. The summed E-state index contributed by atoms with van der Waals surface area (Å²) in [6, 6.07) is 8.62. The number of thioether (sulfide) groups is 1. The maximum Gasteiger partial charge on any atom is 0.337 e. The summed E-state index contributed by atoms with van der Waals surface area (Å²) in [7, 11) is 1.32. The second kappa shape index (κ2) is 6.37. The first-order valence-electron chi connectivity index (χ1n) is 7.02. The predicted octanol–water partition coefficient (Wildman–Crippen LogP) is 3.37. The molecule has 2 heterocycles. The molecule has 24 heavy (non-hydrogen) atoms. The Morgan fingerprint density at radius 2 is 2.04 bits per heavy atom. The lowest BCUT2D eigenvalue weighted by Crippen LogP contribution is -2.17. The smallest absolute Gasteiger partial charge is 0.337 e. The van der Waals surface area contributed by atoms with Gasteiger partial charge in [-0.15, -0.1) is 0 Å². The number of imide groups is 1. The van der Waals surface area contributed by atoms with Crippen molar-refractivity contribution in [1.82, 2.24) is 5.32 Å². The molecule has 0 radical (unpaired) electrons. The molecular formula is C17H13NO5S. The summed E-state index contributed by atoms with van der Waals surface area (Å²) in [4.78, 5) is 34.7. The second-order valence-electron chi connectivity index (χ2n) is 5.08. The van der Waals surface area contributed by atoms with Gasteiger partial charge in [-0.1, -0.05) is 6.07 Å². The van der Waals surface area contributed by atoms with Crippen LogP contribution in [0.25, 0.3) is 17.4 Å². The zero-order valence-electron chi connectivity index (χ0n) is 12.9. The molecule has 6 nitrogen and oxygen atoms in total. The quantitative estimate of drug-likeness (QED) is 0.679. The Balaban J connectivity index is 1.94. The van der Waals surface area contributed by atoms with Crippen LogP contribution >= 0.6 is 11.8 Å². The van der Waals surface area contributed by atoms with Gasteiger partial charge in [0.15, 0.2) is 0 Å². The van der Waals surface area contributed by atoms with E-state index < -0.39 is 17.1 Å². The molecule has 1 aromatic carbocycles. The van der Waals surface area contributed by atoms with Crippen LogP contribution in [0.1, 0.15) is 21.7 Å². The zero-order chi connectivity index (χ0) is 17.3. The number of furan rings is 1. The number of ether oxygens (including phenoxy) is 1. The average Bonchev–Trinajstić information content (AvgIpc) is 3.14. The fourth-order valence-electron chi connectivity index (χ4n) is 2.26. The van der Waals surface area contributed by atoms with Crippen molar-refractivity contribution in [2.45, 2.75) is 6.92 Å². The summed E-state index contributed by atoms with van der Waals surface area (Å²) < 4.78 is 10.5. The number of hydrogen-bond donors (Lipinski definition) is 1. The van der Waals surface area contributed by atoms with E-state index in [9.17, 15) is 14.4 Å². The summed E-state index contributed by atoms with van der Waals surface area (Å²) in [5.41, 5.74) is 2.10. The minimum absolute atomic E-state index is 0.279.